The van der Waals surface area contributed by atoms with Crippen LogP contribution < -0.4 is 20.7 Å². The Hall–Kier alpha value is -4.22. The van der Waals surface area contributed by atoms with Crippen LogP contribution in [0.1, 0.15) is 41.3 Å². The molecule has 2 saturated heterocycles. The van der Waals surface area contributed by atoms with Crippen LogP contribution in [0.25, 0.3) is 0 Å². The Labute approximate surface area is 254 Å². The number of rotatable bonds is 9. The number of H-pyrrole nitrogens is 1. The molecule has 230 valence electrons. The molecule has 0 radical (unpaired) electrons. The molecule has 2 fully saturated rings. The van der Waals surface area contributed by atoms with Crippen molar-refractivity contribution in [3.05, 3.63) is 128 Å². The van der Waals surface area contributed by atoms with Gasteiger partial charge in [0.1, 0.15) is 34.9 Å². The maximum atomic E-state index is 12.9. The quantitative estimate of drug-likeness (QED) is 0.279. The van der Waals surface area contributed by atoms with Crippen LogP contribution in [0.15, 0.2) is 94.6 Å². The van der Waals surface area contributed by atoms with Crippen molar-refractivity contribution in [2.24, 2.45) is 0 Å². The van der Waals surface area contributed by atoms with E-state index in [9.17, 15) is 14.7 Å². The van der Waals surface area contributed by atoms with E-state index in [-0.39, 0.29) is 6.61 Å². The lowest BCUT2D eigenvalue weighted by Gasteiger charge is -2.40. The number of nitrogens with one attached hydrogen (secondary N) is 1. The highest BCUT2D eigenvalue weighted by Crippen LogP contribution is 2.47. The summed E-state index contributed by atoms with van der Waals surface area (Å²) in [4.78, 5) is 27.3. The summed E-state index contributed by atoms with van der Waals surface area (Å²) in [6.07, 6.45) is -0.235. The summed E-state index contributed by atoms with van der Waals surface area (Å²) in [7, 11) is 3.23. The summed E-state index contributed by atoms with van der Waals surface area (Å²) in [5.74, 6) is 1.40. The Balaban J connectivity index is 1.45. The van der Waals surface area contributed by atoms with Crippen molar-refractivity contribution in [2.45, 2.75) is 49.4 Å². The number of nitrogens with zero attached hydrogens (tertiary/aromatic N) is 1. The van der Waals surface area contributed by atoms with Gasteiger partial charge in [-0.1, -0.05) is 54.6 Å². The molecule has 3 heterocycles. The van der Waals surface area contributed by atoms with Crippen molar-refractivity contribution >= 4 is 0 Å². The molecule has 2 aliphatic heterocycles. The molecule has 6 rings (SSSR count). The first-order chi connectivity index (χ1) is 21.3. The summed E-state index contributed by atoms with van der Waals surface area (Å²) in [5.41, 5.74) is -0.826. The highest BCUT2D eigenvalue weighted by Gasteiger charge is 2.59. The van der Waals surface area contributed by atoms with Gasteiger partial charge >= 0.3 is 5.69 Å². The molecule has 0 spiro atoms. The highest BCUT2D eigenvalue weighted by atomic mass is 16.6. The number of aryl methyl sites for hydroxylation is 1. The number of hydrogen-bond donors (Lipinski definition) is 2. The maximum Gasteiger partial charge on any atom is 0.330 e. The van der Waals surface area contributed by atoms with Crippen LogP contribution in [0.5, 0.6) is 11.5 Å². The largest absolute Gasteiger partial charge is 0.497 e. The second-order valence-corrected chi connectivity index (χ2v) is 11.2. The van der Waals surface area contributed by atoms with Gasteiger partial charge in [-0.25, -0.2) is 4.79 Å². The standard InChI is InChI=1S/C34H36N2O8/c1-22-20-36(32(38)35-30(22)37)31-29-33(39,18-7-19-42-29)28(44-31)21-43-34(23-8-5-4-6-9-23,24-10-14-26(40-2)15-11-24)25-12-16-27(41-3)17-13-25/h4-6,8-17,20,28-29,31,39H,7,18-19,21H2,1-3H3,(H,35,37,38)/t28-,29-,31-,33-/m1/s1. The predicted octanol–water partition coefficient (Wildman–Crippen LogP) is 3.68. The van der Waals surface area contributed by atoms with Gasteiger partial charge in [-0.15, -0.1) is 0 Å². The van der Waals surface area contributed by atoms with Crippen LogP contribution in [0.2, 0.25) is 0 Å². The Morgan fingerprint density at radius 3 is 2.11 bits per heavy atom. The van der Waals surface area contributed by atoms with Crippen molar-refractivity contribution in [1.29, 1.82) is 0 Å². The fourth-order valence-corrected chi connectivity index (χ4v) is 6.33. The lowest BCUT2D eigenvalue weighted by molar-refractivity contribution is -0.156. The van der Waals surface area contributed by atoms with E-state index in [1.807, 2.05) is 78.9 Å². The van der Waals surface area contributed by atoms with Crippen LogP contribution in [0, 0.1) is 6.92 Å². The van der Waals surface area contributed by atoms with Gasteiger partial charge in [0.05, 0.1) is 20.8 Å². The van der Waals surface area contributed by atoms with Crippen LogP contribution in [0.4, 0.5) is 0 Å². The number of benzene rings is 3. The Morgan fingerprint density at radius 1 is 0.932 bits per heavy atom. The SMILES string of the molecule is COc1ccc(C(OC[C@H]2O[C@@H](n3cc(C)c(=O)[nH]c3=O)[C@H]3OCCC[C@]32O)(c2ccccc2)c2ccc(OC)cc2)cc1. The van der Waals surface area contributed by atoms with Gasteiger partial charge in [0.15, 0.2) is 6.23 Å². The number of fused-ring (bicyclic) bond motifs is 1. The van der Waals surface area contributed by atoms with Crippen LogP contribution >= 0.6 is 0 Å². The third-order valence-electron chi connectivity index (χ3n) is 8.68. The molecule has 3 aromatic carbocycles. The van der Waals surface area contributed by atoms with E-state index in [0.717, 1.165) is 16.7 Å². The van der Waals surface area contributed by atoms with Gasteiger partial charge in [-0.3, -0.25) is 14.3 Å². The molecule has 2 N–H and O–H groups in total. The molecule has 0 bridgehead atoms. The second-order valence-electron chi connectivity index (χ2n) is 11.2. The first-order valence-electron chi connectivity index (χ1n) is 14.6. The average Bonchev–Trinajstić information content (AvgIpc) is 3.35. The molecule has 10 nitrogen and oxygen atoms in total. The zero-order chi connectivity index (χ0) is 30.9. The normalized spacial score (nSPS) is 23.2. The minimum absolute atomic E-state index is 0.0447. The minimum atomic E-state index is -1.45. The number of methoxy groups -OCH3 is 2. The Bertz CT molecular complexity index is 1650. The smallest absolute Gasteiger partial charge is 0.330 e. The van der Waals surface area contributed by atoms with Gasteiger partial charge < -0.3 is 28.8 Å². The fraction of sp³-hybridized carbons (Fsp3) is 0.353. The molecule has 0 aliphatic carbocycles. The summed E-state index contributed by atoms with van der Waals surface area (Å²) in [6, 6.07) is 25.2. The zero-order valence-electron chi connectivity index (χ0n) is 24.9. The molecule has 4 aromatic rings. The molecule has 4 atom stereocenters. The van der Waals surface area contributed by atoms with Crippen LogP contribution in [-0.2, 0) is 19.8 Å². The first kappa shape index (κ1) is 29.8. The van der Waals surface area contributed by atoms with Crippen molar-refractivity contribution in [2.75, 3.05) is 27.4 Å². The first-order valence-corrected chi connectivity index (χ1v) is 14.6. The summed E-state index contributed by atoms with van der Waals surface area (Å²) >= 11 is 0. The van der Waals surface area contributed by atoms with Crippen molar-refractivity contribution in [3.63, 3.8) is 0 Å². The molecule has 0 amide bonds. The summed E-state index contributed by atoms with van der Waals surface area (Å²) < 4.78 is 31.7. The van der Waals surface area contributed by atoms with E-state index in [2.05, 4.69) is 4.98 Å². The number of aliphatic hydroxyl groups is 1. The molecule has 2 aliphatic rings. The molecule has 44 heavy (non-hydrogen) atoms. The summed E-state index contributed by atoms with van der Waals surface area (Å²) in [6.45, 7) is 1.97. The molecular formula is C34H36N2O8. The van der Waals surface area contributed by atoms with E-state index in [1.165, 1.54) is 10.8 Å². The van der Waals surface area contributed by atoms with E-state index >= 15 is 0 Å². The fourth-order valence-electron chi connectivity index (χ4n) is 6.33. The zero-order valence-corrected chi connectivity index (χ0v) is 24.9. The van der Waals surface area contributed by atoms with Crippen molar-refractivity contribution in [3.8, 4) is 11.5 Å². The van der Waals surface area contributed by atoms with E-state index in [0.29, 0.717) is 36.5 Å². The van der Waals surface area contributed by atoms with E-state index < -0.39 is 40.9 Å². The van der Waals surface area contributed by atoms with Gasteiger partial charge in [0.25, 0.3) is 5.56 Å². The van der Waals surface area contributed by atoms with Crippen molar-refractivity contribution in [1.82, 2.24) is 9.55 Å². The molecule has 0 saturated carbocycles. The Morgan fingerprint density at radius 2 is 1.52 bits per heavy atom. The third-order valence-corrected chi connectivity index (χ3v) is 8.68. The number of aromatic amines is 1. The second kappa shape index (κ2) is 12.0. The minimum Gasteiger partial charge on any atom is -0.497 e. The lowest BCUT2D eigenvalue weighted by Crippen LogP contribution is -2.54. The van der Waals surface area contributed by atoms with Crippen molar-refractivity contribution < 1.29 is 28.8 Å². The number of ether oxygens (including phenoxy) is 5. The number of hydrogen-bond acceptors (Lipinski definition) is 8. The van der Waals surface area contributed by atoms with Gasteiger partial charge in [0, 0.05) is 18.4 Å². The predicted molar refractivity (Wildman–Crippen MR) is 162 cm³/mol. The summed E-state index contributed by atoms with van der Waals surface area (Å²) in [5, 5.41) is 12.1. The Kier molecular flexibility index (Phi) is 8.17. The third kappa shape index (κ3) is 5.13. The molecule has 0 unspecified atom stereocenters. The average molecular weight is 601 g/mol. The van der Waals surface area contributed by atoms with Gasteiger partial charge in [0.2, 0.25) is 0 Å². The number of aromatic nitrogens is 2. The highest BCUT2D eigenvalue weighted by molar-refractivity contribution is 5.49. The lowest BCUT2D eigenvalue weighted by atomic mass is 9.79. The van der Waals surface area contributed by atoms with E-state index in [4.69, 9.17) is 23.7 Å². The van der Waals surface area contributed by atoms with Gasteiger partial charge in [-0.05, 0) is 60.7 Å². The molecule has 10 heteroatoms. The molecular weight excluding hydrogens is 564 g/mol. The van der Waals surface area contributed by atoms with E-state index in [1.54, 1.807) is 21.1 Å². The maximum absolute atomic E-state index is 12.9. The van der Waals surface area contributed by atoms with Gasteiger partial charge in [-0.2, -0.15) is 0 Å². The van der Waals surface area contributed by atoms with Crippen LogP contribution in [-0.4, -0.2) is 59.9 Å². The topological polar surface area (TPSA) is 121 Å². The monoisotopic (exact) mass is 600 g/mol. The molecule has 1 aromatic heterocycles. The van der Waals surface area contributed by atoms with Crippen LogP contribution in [0.3, 0.4) is 0 Å².